The average molecular weight is 447 g/mol. The third-order valence-corrected chi connectivity index (χ3v) is 5.72. The molecule has 1 saturated carbocycles. The van der Waals surface area contributed by atoms with Crippen molar-refractivity contribution in [2.45, 2.75) is 71.1 Å². The fourth-order valence-corrected chi connectivity index (χ4v) is 4.12. The molecule has 0 spiro atoms. The Balaban J connectivity index is 1.76. The maximum Gasteiger partial charge on any atom is 0.416 e. The monoisotopic (exact) mass is 446 g/mol. The van der Waals surface area contributed by atoms with Gasteiger partial charge in [-0.15, -0.1) is 0 Å². The summed E-state index contributed by atoms with van der Waals surface area (Å²) in [5.41, 5.74) is 0.714. The zero-order valence-corrected chi connectivity index (χ0v) is 18.8. The minimum Gasteiger partial charge on any atom is -0.350 e. The van der Waals surface area contributed by atoms with E-state index in [4.69, 9.17) is 4.98 Å². The first-order valence-corrected chi connectivity index (χ1v) is 11.0. The van der Waals surface area contributed by atoms with E-state index >= 15 is 0 Å². The van der Waals surface area contributed by atoms with Crippen LogP contribution in [0.25, 0.3) is 11.2 Å². The third kappa shape index (κ3) is 4.97. The summed E-state index contributed by atoms with van der Waals surface area (Å²) in [5, 5.41) is 6.40. The first kappa shape index (κ1) is 22.4. The summed E-state index contributed by atoms with van der Waals surface area (Å²) in [6.07, 6.45) is 1.37. The van der Waals surface area contributed by atoms with Gasteiger partial charge in [0.1, 0.15) is 5.52 Å². The van der Waals surface area contributed by atoms with Crippen molar-refractivity contribution in [3.05, 3.63) is 36.0 Å². The predicted octanol–water partition coefficient (Wildman–Crippen LogP) is 6.55. The predicted molar refractivity (Wildman–Crippen MR) is 120 cm³/mol. The van der Waals surface area contributed by atoms with Crippen LogP contribution >= 0.6 is 0 Å². The SMILES string of the molecule is CC1CCC(n2c(Nc3cccc(C(F)(F)F)c3)nc3cnc(NC(C)(C)C)nc32)CC1. The van der Waals surface area contributed by atoms with E-state index in [1.165, 1.54) is 6.07 Å². The molecule has 0 atom stereocenters. The summed E-state index contributed by atoms with van der Waals surface area (Å²) in [6.45, 7) is 8.33. The molecule has 2 N–H and O–H groups in total. The van der Waals surface area contributed by atoms with Gasteiger partial charge in [0.2, 0.25) is 11.9 Å². The van der Waals surface area contributed by atoms with Gasteiger partial charge in [0, 0.05) is 17.3 Å². The smallest absolute Gasteiger partial charge is 0.350 e. The number of hydrogen-bond acceptors (Lipinski definition) is 5. The van der Waals surface area contributed by atoms with Crippen molar-refractivity contribution >= 4 is 28.7 Å². The molecule has 0 amide bonds. The number of fused-ring (bicyclic) bond motifs is 1. The van der Waals surface area contributed by atoms with E-state index in [0.29, 0.717) is 34.7 Å². The van der Waals surface area contributed by atoms with Gasteiger partial charge >= 0.3 is 6.18 Å². The van der Waals surface area contributed by atoms with Crippen LogP contribution in [0.1, 0.15) is 65.0 Å². The lowest BCUT2D eigenvalue weighted by atomic mass is 9.87. The van der Waals surface area contributed by atoms with Crippen molar-refractivity contribution in [1.29, 1.82) is 0 Å². The molecule has 0 saturated heterocycles. The van der Waals surface area contributed by atoms with Crippen LogP contribution in [0.4, 0.5) is 30.8 Å². The number of anilines is 3. The molecule has 9 heteroatoms. The van der Waals surface area contributed by atoms with Gasteiger partial charge in [-0.3, -0.25) is 4.57 Å². The van der Waals surface area contributed by atoms with E-state index in [1.807, 2.05) is 25.3 Å². The number of hydrogen-bond donors (Lipinski definition) is 2. The molecule has 32 heavy (non-hydrogen) atoms. The number of benzene rings is 1. The average Bonchev–Trinajstić information content (AvgIpc) is 3.04. The summed E-state index contributed by atoms with van der Waals surface area (Å²) >= 11 is 0. The number of aromatic nitrogens is 4. The van der Waals surface area contributed by atoms with Crippen LogP contribution in [0.3, 0.4) is 0 Å². The van der Waals surface area contributed by atoms with Gasteiger partial charge in [-0.2, -0.15) is 18.2 Å². The molecule has 1 fully saturated rings. The Labute approximate surface area is 185 Å². The molecule has 0 unspecified atom stereocenters. The van der Waals surface area contributed by atoms with Crippen molar-refractivity contribution in [2.24, 2.45) is 5.92 Å². The molecule has 2 heterocycles. The Hall–Kier alpha value is -2.84. The minimum atomic E-state index is -4.41. The van der Waals surface area contributed by atoms with Crippen molar-refractivity contribution in [2.75, 3.05) is 10.6 Å². The Kier molecular flexibility index (Phi) is 5.77. The highest BCUT2D eigenvalue weighted by atomic mass is 19.4. The van der Waals surface area contributed by atoms with E-state index in [1.54, 1.807) is 12.3 Å². The molecule has 1 aliphatic carbocycles. The maximum absolute atomic E-state index is 13.2. The maximum atomic E-state index is 13.2. The second kappa shape index (κ2) is 8.26. The van der Waals surface area contributed by atoms with Crippen LogP contribution in [-0.2, 0) is 6.18 Å². The Morgan fingerprint density at radius 1 is 1.03 bits per heavy atom. The van der Waals surface area contributed by atoms with Crippen LogP contribution < -0.4 is 10.6 Å². The summed E-state index contributed by atoms with van der Waals surface area (Å²) in [6, 6.07) is 5.34. The Morgan fingerprint density at radius 2 is 1.75 bits per heavy atom. The lowest BCUT2D eigenvalue weighted by Gasteiger charge is -2.28. The highest BCUT2D eigenvalue weighted by Crippen LogP contribution is 2.37. The fraction of sp³-hybridized carbons (Fsp3) is 0.522. The van der Waals surface area contributed by atoms with Crippen LogP contribution in [-0.4, -0.2) is 25.1 Å². The van der Waals surface area contributed by atoms with Crippen LogP contribution in [0, 0.1) is 5.92 Å². The Bertz CT molecular complexity index is 1090. The van der Waals surface area contributed by atoms with Crippen molar-refractivity contribution in [1.82, 2.24) is 19.5 Å². The number of imidazole rings is 1. The summed E-state index contributed by atoms with van der Waals surface area (Å²) in [4.78, 5) is 13.8. The highest BCUT2D eigenvalue weighted by molar-refractivity contribution is 5.76. The second-order valence-corrected chi connectivity index (χ2v) is 9.70. The zero-order chi connectivity index (χ0) is 23.1. The van der Waals surface area contributed by atoms with E-state index in [-0.39, 0.29) is 11.6 Å². The van der Waals surface area contributed by atoms with Crippen LogP contribution in [0.15, 0.2) is 30.5 Å². The summed E-state index contributed by atoms with van der Waals surface area (Å²) in [5.74, 6) is 1.65. The standard InChI is InChI=1S/C23H29F3N6/c1-14-8-10-17(11-9-14)32-19-18(13-27-20(30-19)31-22(2,3)4)29-21(32)28-16-7-5-6-15(12-16)23(24,25)26/h5-7,12-14,17H,8-11H2,1-4H3,(H,28,29)(H,27,30,31). The number of halogens is 3. The number of rotatable bonds is 4. The van der Waals surface area contributed by atoms with Gasteiger partial charge < -0.3 is 10.6 Å². The van der Waals surface area contributed by atoms with E-state index in [9.17, 15) is 13.2 Å². The first-order valence-electron chi connectivity index (χ1n) is 11.0. The summed E-state index contributed by atoms with van der Waals surface area (Å²) < 4.78 is 41.6. The summed E-state index contributed by atoms with van der Waals surface area (Å²) in [7, 11) is 0. The van der Waals surface area contributed by atoms with Crippen molar-refractivity contribution in [3.63, 3.8) is 0 Å². The van der Waals surface area contributed by atoms with Gasteiger partial charge in [0.15, 0.2) is 5.65 Å². The number of alkyl halides is 3. The molecular weight excluding hydrogens is 417 g/mol. The van der Waals surface area contributed by atoms with Gasteiger partial charge in [-0.25, -0.2) is 9.97 Å². The molecule has 172 valence electrons. The van der Waals surface area contributed by atoms with E-state index < -0.39 is 11.7 Å². The molecule has 3 aromatic rings. The van der Waals surface area contributed by atoms with Gasteiger partial charge in [0.05, 0.1) is 11.8 Å². The Morgan fingerprint density at radius 3 is 2.41 bits per heavy atom. The second-order valence-electron chi connectivity index (χ2n) is 9.70. The molecule has 1 aliphatic rings. The zero-order valence-electron chi connectivity index (χ0n) is 18.8. The molecule has 1 aromatic carbocycles. The fourth-order valence-electron chi connectivity index (χ4n) is 4.12. The molecule has 0 bridgehead atoms. The first-order chi connectivity index (χ1) is 15.0. The minimum absolute atomic E-state index is 0.168. The molecule has 6 nitrogen and oxygen atoms in total. The van der Waals surface area contributed by atoms with E-state index in [0.717, 1.165) is 37.8 Å². The topological polar surface area (TPSA) is 67.7 Å². The normalized spacial score (nSPS) is 19.8. The number of nitrogens with one attached hydrogen (secondary N) is 2. The van der Waals surface area contributed by atoms with Gasteiger partial charge in [-0.05, 0) is 70.6 Å². The molecule has 0 aliphatic heterocycles. The quantitative estimate of drug-likeness (QED) is 0.476. The van der Waals surface area contributed by atoms with Crippen molar-refractivity contribution in [3.8, 4) is 0 Å². The van der Waals surface area contributed by atoms with Gasteiger partial charge in [-0.1, -0.05) is 13.0 Å². The molecule has 0 radical (unpaired) electrons. The van der Waals surface area contributed by atoms with E-state index in [2.05, 4.69) is 27.5 Å². The van der Waals surface area contributed by atoms with Gasteiger partial charge in [0.25, 0.3) is 0 Å². The highest BCUT2D eigenvalue weighted by Gasteiger charge is 2.31. The lowest BCUT2D eigenvalue weighted by Crippen LogP contribution is -2.27. The largest absolute Gasteiger partial charge is 0.416 e. The van der Waals surface area contributed by atoms with Crippen LogP contribution in [0.5, 0.6) is 0 Å². The molecular formula is C23H29F3N6. The molecule has 2 aromatic heterocycles. The third-order valence-electron chi connectivity index (χ3n) is 5.72. The van der Waals surface area contributed by atoms with Crippen LogP contribution in [0.2, 0.25) is 0 Å². The lowest BCUT2D eigenvalue weighted by molar-refractivity contribution is -0.137. The van der Waals surface area contributed by atoms with Crippen molar-refractivity contribution < 1.29 is 13.2 Å². The number of nitrogens with zero attached hydrogens (tertiary/aromatic N) is 4. The molecule has 4 rings (SSSR count).